The van der Waals surface area contributed by atoms with Crippen molar-refractivity contribution in [1.82, 2.24) is 10.2 Å². The first-order valence-corrected chi connectivity index (χ1v) is 8.08. The summed E-state index contributed by atoms with van der Waals surface area (Å²) in [5.41, 5.74) is 1.32. The van der Waals surface area contributed by atoms with E-state index in [0.29, 0.717) is 6.04 Å². The Kier molecular flexibility index (Phi) is 5.15. The van der Waals surface area contributed by atoms with Gasteiger partial charge in [0.05, 0.1) is 12.8 Å². The van der Waals surface area contributed by atoms with E-state index < -0.39 is 0 Å². The lowest BCUT2D eigenvalue weighted by Crippen LogP contribution is -2.30. The van der Waals surface area contributed by atoms with Crippen molar-refractivity contribution in [1.29, 1.82) is 0 Å². The van der Waals surface area contributed by atoms with Crippen molar-refractivity contribution in [2.75, 3.05) is 19.1 Å². The number of nitrogens with one attached hydrogen (secondary N) is 1. The van der Waals surface area contributed by atoms with Crippen molar-refractivity contribution in [2.24, 2.45) is 0 Å². The van der Waals surface area contributed by atoms with E-state index in [2.05, 4.69) is 36.5 Å². The number of hydrogen-bond acceptors (Lipinski definition) is 4. The van der Waals surface area contributed by atoms with Gasteiger partial charge < -0.3 is 9.73 Å². The van der Waals surface area contributed by atoms with Gasteiger partial charge >= 0.3 is 0 Å². The van der Waals surface area contributed by atoms with E-state index >= 15 is 0 Å². The van der Waals surface area contributed by atoms with Gasteiger partial charge in [0.2, 0.25) is 0 Å². The van der Waals surface area contributed by atoms with Gasteiger partial charge in [-0.25, -0.2) is 0 Å². The quantitative estimate of drug-likeness (QED) is 0.785. The van der Waals surface area contributed by atoms with E-state index in [0.717, 1.165) is 24.9 Å². The molecule has 1 atom stereocenters. The minimum atomic E-state index is 0.596. The highest BCUT2D eigenvalue weighted by atomic mass is 32.2. The highest BCUT2D eigenvalue weighted by Gasteiger charge is 2.21. The Bertz CT molecular complexity index is 362. The summed E-state index contributed by atoms with van der Waals surface area (Å²) >= 11 is 1.90. The Morgan fingerprint density at radius 1 is 1.56 bits per heavy atom. The molecular formula is C14H24N2OS. The van der Waals surface area contributed by atoms with Crippen molar-refractivity contribution in [2.45, 2.75) is 44.9 Å². The molecule has 0 bridgehead atoms. The maximum Gasteiger partial charge on any atom is 0.122 e. The number of furan rings is 1. The normalized spacial score (nSPS) is 17.3. The van der Waals surface area contributed by atoms with Gasteiger partial charge in [0.25, 0.3) is 0 Å². The van der Waals surface area contributed by atoms with E-state index in [1.165, 1.54) is 24.2 Å². The van der Waals surface area contributed by atoms with Crippen molar-refractivity contribution in [3.8, 4) is 0 Å². The average Bonchev–Trinajstić information content (AvgIpc) is 3.08. The van der Waals surface area contributed by atoms with Crippen LogP contribution in [0.15, 0.2) is 16.7 Å². The van der Waals surface area contributed by atoms with Gasteiger partial charge in [-0.15, -0.1) is 0 Å². The molecule has 1 aromatic heterocycles. The first-order chi connectivity index (χ1) is 8.70. The number of thioether (sulfide) groups is 1. The monoisotopic (exact) mass is 268 g/mol. The van der Waals surface area contributed by atoms with Crippen molar-refractivity contribution < 1.29 is 4.42 Å². The maximum absolute atomic E-state index is 5.59. The fraction of sp³-hybridized carbons (Fsp3) is 0.714. The van der Waals surface area contributed by atoms with Gasteiger partial charge in [-0.05, 0) is 39.1 Å². The molecule has 0 aromatic carbocycles. The van der Waals surface area contributed by atoms with Gasteiger partial charge in [-0.1, -0.05) is 0 Å². The van der Waals surface area contributed by atoms with Crippen LogP contribution in [0.3, 0.4) is 0 Å². The maximum atomic E-state index is 5.59. The molecule has 1 aromatic rings. The second-order valence-corrected chi connectivity index (χ2v) is 6.15. The topological polar surface area (TPSA) is 28.4 Å². The molecule has 102 valence electrons. The summed E-state index contributed by atoms with van der Waals surface area (Å²) in [4.78, 5) is 2.39. The predicted octanol–water partition coefficient (Wildman–Crippen LogP) is 2.71. The van der Waals surface area contributed by atoms with Crippen LogP contribution in [0.4, 0.5) is 0 Å². The van der Waals surface area contributed by atoms with E-state index in [4.69, 9.17) is 4.42 Å². The van der Waals surface area contributed by atoms with Crippen LogP contribution in [-0.2, 0) is 13.1 Å². The molecule has 1 N–H and O–H groups in total. The number of rotatable bonds is 8. The minimum Gasteiger partial charge on any atom is -0.468 e. The third-order valence-electron chi connectivity index (χ3n) is 3.55. The number of hydrogen-bond donors (Lipinski definition) is 1. The van der Waals surface area contributed by atoms with E-state index in [1.807, 2.05) is 18.0 Å². The lowest BCUT2D eigenvalue weighted by Gasteiger charge is -2.23. The smallest absolute Gasteiger partial charge is 0.122 e. The summed E-state index contributed by atoms with van der Waals surface area (Å²) < 4.78 is 5.59. The van der Waals surface area contributed by atoms with Crippen LogP contribution in [-0.4, -0.2) is 36.0 Å². The van der Waals surface area contributed by atoms with Crippen LogP contribution < -0.4 is 5.32 Å². The minimum absolute atomic E-state index is 0.596. The second-order valence-electron chi connectivity index (χ2n) is 5.24. The van der Waals surface area contributed by atoms with Gasteiger partial charge in [0.1, 0.15) is 5.76 Å². The molecule has 1 saturated carbocycles. The molecule has 18 heavy (non-hydrogen) atoms. The van der Waals surface area contributed by atoms with Crippen LogP contribution in [0, 0.1) is 0 Å². The molecule has 1 aliphatic rings. The van der Waals surface area contributed by atoms with Crippen molar-refractivity contribution in [3.63, 3.8) is 0 Å². The molecular weight excluding hydrogens is 244 g/mol. The molecule has 1 aliphatic carbocycles. The standard InChI is InChI=1S/C14H24N2OS/c1-11(10-18-3)16(2)9-12-6-7-17-14(12)8-15-13-4-5-13/h6-7,11,13,15H,4-5,8-10H2,1-3H3. The van der Waals surface area contributed by atoms with Crippen LogP contribution in [0.5, 0.6) is 0 Å². The summed E-state index contributed by atoms with van der Waals surface area (Å²) in [5.74, 6) is 2.27. The second kappa shape index (κ2) is 6.64. The van der Waals surface area contributed by atoms with E-state index in [9.17, 15) is 0 Å². The fourth-order valence-electron chi connectivity index (χ4n) is 1.98. The fourth-order valence-corrected chi connectivity index (χ4v) is 2.72. The molecule has 0 spiro atoms. The first kappa shape index (κ1) is 14.0. The van der Waals surface area contributed by atoms with Gasteiger partial charge in [-0.3, -0.25) is 4.90 Å². The zero-order chi connectivity index (χ0) is 13.0. The molecule has 0 aliphatic heterocycles. The van der Waals surface area contributed by atoms with E-state index in [-0.39, 0.29) is 0 Å². The van der Waals surface area contributed by atoms with Gasteiger partial charge in [0.15, 0.2) is 0 Å². The number of nitrogens with zero attached hydrogens (tertiary/aromatic N) is 1. The molecule has 1 fully saturated rings. The molecule has 0 saturated heterocycles. The molecule has 1 unspecified atom stereocenters. The summed E-state index contributed by atoms with van der Waals surface area (Å²) in [6, 6.07) is 3.43. The molecule has 0 radical (unpaired) electrons. The van der Waals surface area contributed by atoms with Crippen LogP contribution >= 0.6 is 11.8 Å². The SMILES string of the molecule is CSCC(C)N(C)Cc1ccoc1CNC1CC1. The summed E-state index contributed by atoms with van der Waals surface area (Å²) in [6.45, 7) is 4.12. The molecule has 3 nitrogen and oxygen atoms in total. The van der Waals surface area contributed by atoms with E-state index in [1.54, 1.807) is 0 Å². The third-order valence-corrected chi connectivity index (χ3v) is 4.36. The van der Waals surface area contributed by atoms with Gasteiger partial charge in [0, 0.05) is 29.9 Å². The predicted molar refractivity (Wildman–Crippen MR) is 77.9 cm³/mol. The summed E-state index contributed by atoms with van der Waals surface area (Å²) in [6.07, 6.45) is 6.61. The van der Waals surface area contributed by atoms with Gasteiger partial charge in [-0.2, -0.15) is 11.8 Å². The Hall–Kier alpha value is -0.450. The highest BCUT2D eigenvalue weighted by Crippen LogP contribution is 2.21. The summed E-state index contributed by atoms with van der Waals surface area (Å²) in [5, 5.41) is 3.51. The largest absolute Gasteiger partial charge is 0.468 e. The molecule has 2 rings (SSSR count). The molecule has 4 heteroatoms. The Morgan fingerprint density at radius 2 is 2.33 bits per heavy atom. The Morgan fingerprint density at radius 3 is 3.00 bits per heavy atom. The zero-order valence-corrected chi connectivity index (χ0v) is 12.4. The summed E-state index contributed by atoms with van der Waals surface area (Å²) in [7, 11) is 2.19. The lowest BCUT2D eigenvalue weighted by atomic mass is 10.2. The van der Waals surface area contributed by atoms with Crippen molar-refractivity contribution in [3.05, 3.63) is 23.7 Å². The Balaban J connectivity index is 1.85. The molecule has 1 heterocycles. The highest BCUT2D eigenvalue weighted by molar-refractivity contribution is 7.98. The zero-order valence-electron chi connectivity index (χ0n) is 11.6. The first-order valence-electron chi connectivity index (χ1n) is 6.68. The Labute approximate surface area is 114 Å². The lowest BCUT2D eigenvalue weighted by molar-refractivity contribution is 0.267. The van der Waals surface area contributed by atoms with Crippen molar-refractivity contribution >= 4 is 11.8 Å². The average molecular weight is 268 g/mol. The molecule has 0 amide bonds. The van der Waals surface area contributed by atoms with Crippen LogP contribution in [0.25, 0.3) is 0 Å². The third kappa shape index (κ3) is 4.04. The van der Waals surface area contributed by atoms with Crippen LogP contribution in [0.1, 0.15) is 31.1 Å². The van der Waals surface area contributed by atoms with Crippen LogP contribution in [0.2, 0.25) is 0 Å².